The Balaban J connectivity index is 3.55. The molecule has 0 amide bonds. The van der Waals surface area contributed by atoms with Crippen molar-refractivity contribution in [2.45, 2.75) is 45.3 Å². The van der Waals surface area contributed by atoms with E-state index in [-0.39, 0.29) is 11.7 Å². The maximum Gasteiger partial charge on any atom is 0.304 e. The minimum atomic E-state index is -0.690. The maximum absolute atomic E-state index is 10.4. The summed E-state index contributed by atoms with van der Waals surface area (Å²) in [6.07, 6.45) is 2.68. The number of rotatable bonds is 7. The minimum absolute atomic E-state index is 0.248. The fourth-order valence-corrected chi connectivity index (χ4v) is 2.46. The fourth-order valence-electron chi connectivity index (χ4n) is 1.13. The molecule has 1 N–H and O–H groups in total. The molecule has 1 atom stereocenters. The summed E-state index contributed by atoms with van der Waals surface area (Å²) in [5.41, 5.74) is 0. The van der Waals surface area contributed by atoms with Gasteiger partial charge in [0.25, 0.3) is 0 Å². The molecule has 1 unspecified atom stereocenters. The summed E-state index contributed by atoms with van der Waals surface area (Å²) in [4.78, 5) is 10.4. The van der Waals surface area contributed by atoms with Gasteiger partial charge in [0.05, 0.1) is 6.42 Å². The van der Waals surface area contributed by atoms with E-state index in [2.05, 4.69) is 13.8 Å². The standard InChI is InChI=1S/C10H20O2S/c1-4-9(5-2)7-13-8(3)6-10(11)12/h8-9H,4-7H2,1-3H3,(H,11,12). The van der Waals surface area contributed by atoms with Crippen molar-refractivity contribution in [1.82, 2.24) is 0 Å². The fraction of sp³-hybridized carbons (Fsp3) is 0.900. The Morgan fingerprint density at radius 2 is 1.92 bits per heavy atom. The maximum atomic E-state index is 10.4. The quantitative estimate of drug-likeness (QED) is 0.692. The first-order chi connectivity index (χ1) is 6.10. The zero-order chi connectivity index (χ0) is 10.3. The highest BCUT2D eigenvalue weighted by Crippen LogP contribution is 2.21. The van der Waals surface area contributed by atoms with E-state index in [9.17, 15) is 4.79 Å². The molecular weight excluding hydrogens is 184 g/mol. The van der Waals surface area contributed by atoms with Crippen LogP contribution in [0.5, 0.6) is 0 Å². The number of carboxylic acids is 1. The second-order valence-electron chi connectivity index (χ2n) is 3.42. The number of carboxylic acid groups (broad SMARTS) is 1. The summed E-state index contributed by atoms with van der Waals surface area (Å²) >= 11 is 1.78. The van der Waals surface area contributed by atoms with Crippen LogP contribution in [0.2, 0.25) is 0 Å². The van der Waals surface area contributed by atoms with Gasteiger partial charge in [-0.15, -0.1) is 0 Å². The van der Waals surface area contributed by atoms with E-state index in [0.29, 0.717) is 0 Å². The predicted molar refractivity (Wildman–Crippen MR) is 58.2 cm³/mol. The van der Waals surface area contributed by atoms with Gasteiger partial charge >= 0.3 is 5.97 Å². The van der Waals surface area contributed by atoms with Gasteiger partial charge in [-0.2, -0.15) is 11.8 Å². The molecule has 0 aliphatic carbocycles. The Morgan fingerprint density at radius 1 is 1.38 bits per heavy atom. The van der Waals surface area contributed by atoms with Crippen molar-refractivity contribution >= 4 is 17.7 Å². The summed E-state index contributed by atoms with van der Waals surface area (Å²) in [7, 11) is 0. The Bertz CT molecular complexity index is 144. The van der Waals surface area contributed by atoms with Crippen molar-refractivity contribution in [3.8, 4) is 0 Å². The lowest BCUT2D eigenvalue weighted by Gasteiger charge is -2.14. The summed E-state index contributed by atoms with van der Waals surface area (Å²) in [5, 5.41) is 8.80. The first kappa shape index (κ1) is 12.8. The van der Waals surface area contributed by atoms with E-state index in [1.165, 1.54) is 12.8 Å². The van der Waals surface area contributed by atoms with E-state index in [1.54, 1.807) is 11.8 Å². The molecule has 0 spiro atoms. The highest BCUT2D eigenvalue weighted by Gasteiger charge is 2.10. The van der Waals surface area contributed by atoms with Gasteiger partial charge < -0.3 is 5.11 Å². The molecule has 0 heterocycles. The molecule has 3 heteroatoms. The third-order valence-electron chi connectivity index (χ3n) is 2.23. The van der Waals surface area contributed by atoms with Gasteiger partial charge in [0.2, 0.25) is 0 Å². The van der Waals surface area contributed by atoms with Crippen LogP contribution in [0.1, 0.15) is 40.0 Å². The lowest BCUT2D eigenvalue weighted by atomic mass is 10.1. The summed E-state index contributed by atoms with van der Waals surface area (Å²) in [5.74, 6) is 1.16. The highest BCUT2D eigenvalue weighted by atomic mass is 32.2. The van der Waals surface area contributed by atoms with Gasteiger partial charge in [-0.05, 0) is 11.7 Å². The number of carbonyl (C=O) groups is 1. The van der Waals surface area contributed by atoms with Crippen LogP contribution in [-0.4, -0.2) is 22.1 Å². The smallest absolute Gasteiger partial charge is 0.304 e. The Hall–Kier alpha value is -0.180. The molecule has 0 aromatic heterocycles. The molecule has 0 aromatic carbocycles. The van der Waals surface area contributed by atoms with E-state index < -0.39 is 5.97 Å². The van der Waals surface area contributed by atoms with Crippen LogP contribution in [0.15, 0.2) is 0 Å². The van der Waals surface area contributed by atoms with Gasteiger partial charge in [0.1, 0.15) is 0 Å². The van der Waals surface area contributed by atoms with E-state index in [4.69, 9.17) is 5.11 Å². The molecule has 78 valence electrons. The van der Waals surface area contributed by atoms with E-state index >= 15 is 0 Å². The molecular formula is C10H20O2S. The number of aliphatic carboxylic acids is 1. The van der Waals surface area contributed by atoms with Crippen molar-refractivity contribution in [2.75, 3.05) is 5.75 Å². The lowest BCUT2D eigenvalue weighted by molar-refractivity contribution is -0.136. The van der Waals surface area contributed by atoms with Crippen LogP contribution in [0, 0.1) is 5.92 Å². The van der Waals surface area contributed by atoms with Gasteiger partial charge in [-0.1, -0.05) is 33.6 Å². The zero-order valence-electron chi connectivity index (χ0n) is 8.75. The summed E-state index contributed by atoms with van der Waals surface area (Å²) in [6.45, 7) is 6.37. The van der Waals surface area contributed by atoms with E-state index in [1.807, 2.05) is 6.92 Å². The molecule has 0 radical (unpaired) electrons. The largest absolute Gasteiger partial charge is 0.481 e. The lowest BCUT2D eigenvalue weighted by Crippen LogP contribution is -2.09. The first-order valence-corrected chi connectivity index (χ1v) is 5.98. The third-order valence-corrected chi connectivity index (χ3v) is 3.63. The van der Waals surface area contributed by atoms with E-state index in [0.717, 1.165) is 11.7 Å². The van der Waals surface area contributed by atoms with Crippen LogP contribution in [-0.2, 0) is 4.79 Å². The average Bonchev–Trinajstić information content (AvgIpc) is 2.05. The molecule has 0 bridgehead atoms. The molecule has 2 nitrogen and oxygen atoms in total. The molecule has 0 aromatic rings. The molecule has 0 aliphatic rings. The first-order valence-electron chi connectivity index (χ1n) is 4.93. The van der Waals surface area contributed by atoms with Crippen LogP contribution in [0.4, 0.5) is 0 Å². The summed E-state index contributed by atoms with van der Waals surface area (Å²) in [6, 6.07) is 0. The van der Waals surface area contributed by atoms with Crippen LogP contribution < -0.4 is 0 Å². The Kier molecular flexibility index (Phi) is 7.14. The molecule has 13 heavy (non-hydrogen) atoms. The molecule has 0 rings (SSSR count). The predicted octanol–water partition coefficient (Wildman–Crippen LogP) is 3.02. The Labute approximate surface area is 85.1 Å². The second kappa shape index (κ2) is 7.25. The van der Waals surface area contributed by atoms with Crippen molar-refractivity contribution in [2.24, 2.45) is 5.92 Å². The van der Waals surface area contributed by atoms with Crippen LogP contribution in [0.3, 0.4) is 0 Å². The van der Waals surface area contributed by atoms with Crippen LogP contribution in [0.25, 0.3) is 0 Å². The topological polar surface area (TPSA) is 37.3 Å². The zero-order valence-corrected chi connectivity index (χ0v) is 9.56. The van der Waals surface area contributed by atoms with Crippen molar-refractivity contribution < 1.29 is 9.90 Å². The molecule has 0 saturated carbocycles. The number of thioether (sulfide) groups is 1. The second-order valence-corrected chi connectivity index (χ2v) is 4.90. The van der Waals surface area contributed by atoms with Crippen molar-refractivity contribution in [3.05, 3.63) is 0 Å². The normalized spacial score (nSPS) is 13.2. The van der Waals surface area contributed by atoms with Gasteiger partial charge in [0.15, 0.2) is 0 Å². The molecule has 0 saturated heterocycles. The number of hydrogen-bond donors (Lipinski definition) is 1. The van der Waals surface area contributed by atoms with Gasteiger partial charge in [-0.25, -0.2) is 0 Å². The van der Waals surface area contributed by atoms with Crippen LogP contribution >= 0.6 is 11.8 Å². The third kappa shape index (κ3) is 6.94. The summed E-state index contributed by atoms with van der Waals surface area (Å²) < 4.78 is 0. The van der Waals surface area contributed by atoms with Crippen molar-refractivity contribution in [3.63, 3.8) is 0 Å². The Morgan fingerprint density at radius 3 is 2.31 bits per heavy atom. The van der Waals surface area contributed by atoms with Gasteiger partial charge in [0, 0.05) is 5.25 Å². The molecule has 0 aliphatic heterocycles. The minimum Gasteiger partial charge on any atom is -0.481 e. The number of hydrogen-bond acceptors (Lipinski definition) is 2. The SMILES string of the molecule is CCC(CC)CSC(C)CC(=O)O. The monoisotopic (exact) mass is 204 g/mol. The average molecular weight is 204 g/mol. The van der Waals surface area contributed by atoms with Gasteiger partial charge in [-0.3, -0.25) is 4.79 Å². The highest BCUT2D eigenvalue weighted by molar-refractivity contribution is 7.99. The van der Waals surface area contributed by atoms with Crippen molar-refractivity contribution in [1.29, 1.82) is 0 Å². The molecule has 0 fully saturated rings.